The number of aliphatic hydroxyl groups excluding tert-OH is 1. The molecule has 6 heteroatoms. The van der Waals surface area contributed by atoms with Crippen LogP contribution >= 0.6 is 22.9 Å². The van der Waals surface area contributed by atoms with Crippen molar-refractivity contribution in [1.82, 2.24) is 4.90 Å². The minimum Gasteiger partial charge on any atom is -0.462 e. The number of carbonyl (C=O) groups is 1. The van der Waals surface area contributed by atoms with E-state index in [1.165, 1.54) is 21.8 Å². The maximum Gasteiger partial charge on any atom is 0.348 e. The Kier molecular flexibility index (Phi) is 9.39. The number of esters is 1. The lowest BCUT2D eigenvalue weighted by atomic mass is 9.89. The zero-order valence-corrected chi connectivity index (χ0v) is 20.1. The maximum absolute atomic E-state index is 12.0. The summed E-state index contributed by atoms with van der Waals surface area (Å²) in [5, 5.41) is 10.7. The van der Waals surface area contributed by atoms with E-state index in [4.69, 9.17) is 16.3 Å². The van der Waals surface area contributed by atoms with Crippen molar-refractivity contribution in [3.63, 3.8) is 0 Å². The Balaban J connectivity index is 1.50. The van der Waals surface area contributed by atoms with E-state index >= 15 is 0 Å². The van der Waals surface area contributed by atoms with Crippen molar-refractivity contribution in [1.29, 1.82) is 0 Å². The molecule has 31 heavy (non-hydrogen) atoms. The van der Waals surface area contributed by atoms with Crippen molar-refractivity contribution in [2.24, 2.45) is 11.8 Å². The predicted octanol–water partition coefficient (Wildman–Crippen LogP) is 5.37. The van der Waals surface area contributed by atoms with Crippen molar-refractivity contribution in [3.8, 4) is 0 Å². The van der Waals surface area contributed by atoms with E-state index in [1.807, 2.05) is 25.1 Å². The average Bonchev–Trinajstić information content (AvgIpc) is 3.32. The molecule has 4 nitrogen and oxygen atoms in total. The Labute approximate surface area is 195 Å². The number of hydrogen-bond donors (Lipinski definition) is 1. The van der Waals surface area contributed by atoms with Gasteiger partial charge in [0.1, 0.15) is 4.88 Å². The molecule has 0 aliphatic heterocycles. The zero-order valence-electron chi connectivity index (χ0n) is 18.5. The van der Waals surface area contributed by atoms with Crippen LogP contribution < -0.4 is 0 Å². The van der Waals surface area contributed by atoms with E-state index < -0.39 is 0 Å². The summed E-state index contributed by atoms with van der Waals surface area (Å²) in [4.78, 5) is 16.2. The zero-order chi connectivity index (χ0) is 22.2. The number of carbonyl (C=O) groups excluding carboxylic acids is 1. The fourth-order valence-electron chi connectivity index (χ4n) is 4.51. The minimum atomic E-state index is -0.340. The second kappa shape index (κ2) is 12.0. The second-order valence-electron chi connectivity index (χ2n) is 8.62. The summed E-state index contributed by atoms with van der Waals surface area (Å²) in [5.74, 6) is 0.280. The summed E-state index contributed by atoms with van der Waals surface area (Å²) < 4.78 is 5.22. The molecule has 0 radical (unpaired) electrons. The van der Waals surface area contributed by atoms with Crippen LogP contribution in [-0.4, -0.2) is 47.7 Å². The number of halogens is 1. The van der Waals surface area contributed by atoms with Crippen LogP contribution in [0.3, 0.4) is 0 Å². The van der Waals surface area contributed by atoms with Gasteiger partial charge in [0.05, 0.1) is 12.7 Å². The summed E-state index contributed by atoms with van der Waals surface area (Å²) in [7, 11) is 2.11. The van der Waals surface area contributed by atoms with Crippen molar-refractivity contribution in [2.75, 3.05) is 20.2 Å². The number of hydrogen-bond acceptors (Lipinski definition) is 5. The van der Waals surface area contributed by atoms with E-state index in [9.17, 15) is 9.90 Å². The molecule has 0 saturated heterocycles. The number of ether oxygens (including phenoxy) is 1. The third-order valence-electron chi connectivity index (χ3n) is 6.05. The fraction of sp³-hybridized carbons (Fsp3) is 0.560. The number of thiophene rings is 1. The molecule has 1 N–H and O–H groups in total. The largest absolute Gasteiger partial charge is 0.462 e. The Bertz CT molecular complexity index is 812. The second-order valence-corrected chi connectivity index (χ2v) is 10.4. The molecule has 1 aromatic carbocycles. The SMILES string of the molecule is CCCOC(=O)c1ccc(CCC[C@@H]2[C@@H](CN(C)Cc3ccccc3)[C@H](O)C[C@H]2Cl)s1. The molecule has 1 saturated carbocycles. The lowest BCUT2D eigenvalue weighted by molar-refractivity contribution is 0.0511. The summed E-state index contributed by atoms with van der Waals surface area (Å²) in [6.07, 6.45) is 4.08. The third-order valence-corrected chi connectivity index (χ3v) is 7.68. The summed E-state index contributed by atoms with van der Waals surface area (Å²) in [6, 6.07) is 14.3. The first kappa shape index (κ1) is 24.2. The lowest BCUT2D eigenvalue weighted by Gasteiger charge is -2.28. The van der Waals surface area contributed by atoms with Crippen molar-refractivity contribution < 1.29 is 14.6 Å². The topological polar surface area (TPSA) is 49.8 Å². The molecule has 1 aliphatic carbocycles. The van der Waals surface area contributed by atoms with Gasteiger partial charge in [0.2, 0.25) is 0 Å². The van der Waals surface area contributed by atoms with Gasteiger partial charge < -0.3 is 14.7 Å². The van der Waals surface area contributed by atoms with E-state index in [0.717, 1.165) is 38.8 Å². The summed E-state index contributed by atoms with van der Waals surface area (Å²) in [6.45, 7) is 4.17. The van der Waals surface area contributed by atoms with Gasteiger partial charge in [-0.25, -0.2) is 4.79 Å². The molecule has 1 aromatic heterocycles. The highest BCUT2D eigenvalue weighted by atomic mass is 35.5. The first-order valence-electron chi connectivity index (χ1n) is 11.3. The molecule has 2 aromatic rings. The average molecular weight is 464 g/mol. The van der Waals surface area contributed by atoms with E-state index in [-0.39, 0.29) is 23.4 Å². The van der Waals surface area contributed by atoms with Gasteiger partial charge in [-0.05, 0) is 62.8 Å². The minimum absolute atomic E-state index is 0.0213. The van der Waals surface area contributed by atoms with Crippen LogP contribution in [0.2, 0.25) is 0 Å². The Morgan fingerprint density at radius 2 is 2.00 bits per heavy atom. The van der Waals surface area contributed by atoms with Crippen LogP contribution in [0.5, 0.6) is 0 Å². The standard InChI is InChI=1S/C25H34ClNO3S/c1-3-14-30-25(29)24-13-12-19(31-24)10-7-11-20-21(23(28)15-22(20)26)17-27(2)16-18-8-5-4-6-9-18/h4-6,8-9,12-13,20-23,28H,3,7,10-11,14-17H2,1-2H3/t20-,21-,22-,23-/m1/s1. The smallest absolute Gasteiger partial charge is 0.348 e. The summed E-state index contributed by atoms with van der Waals surface area (Å²) in [5.41, 5.74) is 1.28. The normalized spacial score (nSPS) is 23.4. The molecule has 170 valence electrons. The molecule has 0 unspecified atom stereocenters. The molecular formula is C25H34ClNO3S. The lowest BCUT2D eigenvalue weighted by Crippen LogP contribution is -2.33. The third kappa shape index (κ3) is 7.04. The van der Waals surface area contributed by atoms with Gasteiger partial charge in [0, 0.05) is 29.3 Å². The highest BCUT2D eigenvalue weighted by Crippen LogP contribution is 2.40. The number of alkyl halides is 1. The van der Waals surface area contributed by atoms with Crippen LogP contribution in [0.4, 0.5) is 0 Å². The van der Waals surface area contributed by atoms with E-state index in [0.29, 0.717) is 23.8 Å². The van der Waals surface area contributed by atoms with Gasteiger partial charge in [-0.3, -0.25) is 0 Å². The molecule has 1 heterocycles. The van der Waals surface area contributed by atoms with Crippen LogP contribution in [0.15, 0.2) is 42.5 Å². The van der Waals surface area contributed by atoms with Crippen molar-refractivity contribution >= 4 is 28.9 Å². The number of rotatable bonds is 11. The molecule has 0 amide bonds. The molecule has 1 aliphatic rings. The van der Waals surface area contributed by atoms with E-state index in [1.54, 1.807) is 0 Å². The van der Waals surface area contributed by atoms with Crippen LogP contribution in [0.1, 0.15) is 52.7 Å². The van der Waals surface area contributed by atoms with Crippen molar-refractivity contribution in [2.45, 2.75) is 57.1 Å². The van der Waals surface area contributed by atoms with Crippen LogP contribution in [-0.2, 0) is 17.7 Å². The number of benzene rings is 1. The Morgan fingerprint density at radius 3 is 2.74 bits per heavy atom. The maximum atomic E-state index is 12.0. The Morgan fingerprint density at radius 1 is 1.23 bits per heavy atom. The molecule has 0 bridgehead atoms. The van der Waals surface area contributed by atoms with Crippen LogP contribution in [0, 0.1) is 11.8 Å². The fourth-order valence-corrected chi connectivity index (χ4v) is 5.94. The number of aryl methyl sites for hydroxylation is 1. The van der Waals surface area contributed by atoms with Gasteiger partial charge in [-0.2, -0.15) is 0 Å². The van der Waals surface area contributed by atoms with Gasteiger partial charge in [-0.1, -0.05) is 37.3 Å². The summed E-state index contributed by atoms with van der Waals surface area (Å²) >= 11 is 8.17. The van der Waals surface area contributed by atoms with E-state index in [2.05, 4.69) is 36.2 Å². The molecule has 4 atom stereocenters. The van der Waals surface area contributed by atoms with Gasteiger partial charge in [0.15, 0.2) is 0 Å². The number of nitrogens with zero attached hydrogens (tertiary/aromatic N) is 1. The Hall–Kier alpha value is -1.40. The molecule has 1 fully saturated rings. The van der Waals surface area contributed by atoms with Gasteiger partial charge in [0.25, 0.3) is 0 Å². The highest BCUT2D eigenvalue weighted by Gasteiger charge is 2.41. The van der Waals surface area contributed by atoms with Gasteiger partial charge >= 0.3 is 5.97 Å². The van der Waals surface area contributed by atoms with Crippen LogP contribution in [0.25, 0.3) is 0 Å². The van der Waals surface area contributed by atoms with Gasteiger partial charge in [-0.15, -0.1) is 22.9 Å². The first-order valence-corrected chi connectivity index (χ1v) is 12.5. The highest BCUT2D eigenvalue weighted by molar-refractivity contribution is 7.13. The monoisotopic (exact) mass is 463 g/mol. The molecular weight excluding hydrogens is 430 g/mol. The number of aliphatic hydroxyl groups is 1. The quantitative estimate of drug-likeness (QED) is 0.359. The molecule has 0 spiro atoms. The first-order chi connectivity index (χ1) is 15.0. The predicted molar refractivity (Wildman–Crippen MR) is 128 cm³/mol. The molecule has 3 rings (SSSR count). The van der Waals surface area contributed by atoms with Crippen molar-refractivity contribution in [3.05, 3.63) is 57.8 Å².